The number of ether oxygens (including phenoxy) is 3. The standard InChI is InChI=1S/C20H24O6/c1-9-10-5-11(21)13-19(6-10,15(9)22)17(23)26-12-3-4-18(2)7-24-16-14(18)20(12,13)8-25-16/h10-14,16,21H,1,3-8H2,2H3/t10?,11?,12?,13-,14?,16+,18+,19+,20+/m1/s1. The van der Waals surface area contributed by atoms with E-state index >= 15 is 0 Å². The predicted octanol–water partition coefficient (Wildman–Crippen LogP) is 1.21. The van der Waals surface area contributed by atoms with Crippen LogP contribution in [0.25, 0.3) is 0 Å². The van der Waals surface area contributed by atoms with Crippen molar-refractivity contribution in [3.63, 3.8) is 0 Å². The summed E-state index contributed by atoms with van der Waals surface area (Å²) in [6, 6.07) is 0. The molecule has 6 aliphatic rings. The number of fused-ring (bicyclic) bond motifs is 1. The highest BCUT2D eigenvalue weighted by atomic mass is 16.7. The minimum Gasteiger partial charge on any atom is -0.461 e. The fourth-order valence-electron chi connectivity index (χ4n) is 7.73. The topological polar surface area (TPSA) is 82.1 Å². The summed E-state index contributed by atoms with van der Waals surface area (Å²) in [4.78, 5) is 26.4. The first-order valence-corrected chi connectivity index (χ1v) is 9.70. The summed E-state index contributed by atoms with van der Waals surface area (Å²) in [5.74, 6) is -1.22. The smallest absolute Gasteiger partial charge is 0.320 e. The van der Waals surface area contributed by atoms with E-state index in [1.165, 1.54) is 0 Å². The fourth-order valence-corrected chi connectivity index (χ4v) is 7.73. The number of aliphatic hydroxyl groups excluding tert-OH is 1. The molecule has 9 atom stereocenters. The Morgan fingerprint density at radius 3 is 2.77 bits per heavy atom. The third kappa shape index (κ3) is 1.40. The Labute approximate surface area is 151 Å². The number of rotatable bonds is 0. The van der Waals surface area contributed by atoms with Crippen LogP contribution < -0.4 is 0 Å². The van der Waals surface area contributed by atoms with Gasteiger partial charge in [0.05, 0.1) is 19.3 Å². The van der Waals surface area contributed by atoms with Crippen LogP contribution >= 0.6 is 0 Å². The van der Waals surface area contributed by atoms with E-state index in [1.807, 2.05) is 0 Å². The lowest BCUT2D eigenvalue weighted by molar-refractivity contribution is -0.246. The maximum Gasteiger partial charge on any atom is 0.320 e. The van der Waals surface area contributed by atoms with Crippen LogP contribution in [0.1, 0.15) is 32.6 Å². The van der Waals surface area contributed by atoms with Crippen molar-refractivity contribution in [2.24, 2.45) is 34.0 Å². The number of allylic oxidation sites excluding steroid dienone is 1. The van der Waals surface area contributed by atoms with Crippen molar-refractivity contribution in [2.75, 3.05) is 13.2 Å². The molecule has 4 unspecified atom stereocenters. The molecular weight excluding hydrogens is 336 g/mol. The quantitative estimate of drug-likeness (QED) is 0.397. The largest absolute Gasteiger partial charge is 0.461 e. The van der Waals surface area contributed by atoms with E-state index in [4.69, 9.17) is 14.2 Å². The number of aliphatic hydroxyl groups is 1. The number of carbonyl (C=O) groups excluding carboxylic acids is 2. The highest BCUT2D eigenvalue weighted by molar-refractivity contribution is 6.15. The number of Topliss-reactive ketones (excluding diaryl/α,β-unsaturated/α-hetero) is 1. The molecule has 2 bridgehead atoms. The lowest BCUT2D eigenvalue weighted by Crippen LogP contribution is -2.70. The van der Waals surface area contributed by atoms with Gasteiger partial charge in [0, 0.05) is 17.3 Å². The Bertz CT molecular complexity index is 761. The number of hydrogen-bond donors (Lipinski definition) is 1. The predicted molar refractivity (Wildman–Crippen MR) is 87.6 cm³/mol. The van der Waals surface area contributed by atoms with E-state index in [-0.39, 0.29) is 35.4 Å². The molecule has 0 aromatic rings. The molecule has 2 spiro atoms. The van der Waals surface area contributed by atoms with Crippen molar-refractivity contribution < 1.29 is 28.9 Å². The van der Waals surface area contributed by atoms with Gasteiger partial charge in [0.15, 0.2) is 12.1 Å². The summed E-state index contributed by atoms with van der Waals surface area (Å²) in [6.45, 7) is 7.15. The van der Waals surface area contributed by atoms with Crippen LogP contribution in [0, 0.1) is 34.0 Å². The van der Waals surface area contributed by atoms with Gasteiger partial charge in [-0.3, -0.25) is 9.59 Å². The van der Waals surface area contributed by atoms with E-state index in [9.17, 15) is 14.7 Å². The van der Waals surface area contributed by atoms with Gasteiger partial charge in [0.25, 0.3) is 0 Å². The van der Waals surface area contributed by atoms with E-state index in [0.717, 1.165) is 12.8 Å². The molecule has 26 heavy (non-hydrogen) atoms. The zero-order valence-corrected chi connectivity index (χ0v) is 14.9. The van der Waals surface area contributed by atoms with Crippen LogP contribution in [-0.4, -0.2) is 48.6 Å². The van der Waals surface area contributed by atoms with Crippen LogP contribution in [0.5, 0.6) is 0 Å². The van der Waals surface area contributed by atoms with Crippen LogP contribution in [0.2, 0.25) is 0 Å². The molecule has 6 heteroatoms. The molecule has 3 aliphatic carbocycles. The summed E-state index contributed by atoms with van der Waals surface area (Å²) in [7, 11) is 0. The maximum atomic E-state index is 13.2. The van der Waals surface area contributed by atoms with Gasteiger partial charge in [-0.2, -0.15) is 0 Å². The molecule has 3 saturated heterocycles. The molecule has 3 aliphatic heterocycles. The van der Waals surface area contributed by atoms with Gasteiger partial charge in [-0.1, -0.05) is 13.5 Å². The normalized spacial score (nSPS) is 59.7. The molecular formula is C20H24O6. The lowest BCUT2D eigenvalue weighted by Gasteiger charge is -2.61. The summed E-state index contributed by atoms with van der Waals surface area (Å²) in [5, 5.41) is 11.2. The average Bonchev–Trinajstić information content (AvgIpc) is 3.22. The first kappa shape index (κ1) is 15.8. The second-order valence-corrected chi connectivity index (χ2v) is 9.67. The Balaban J connectivity index is 1.59. The second-order valence-electron chi connectivity index (χ2n) is 9.67. The zero-order chi connectivity index (χ0) is 18.1. The van der Waals surface area contributed by atoms with Crippen LogP contribution in [-0.2, 0) is 23.8 Å². The fraction of sp³-hybridized carbons (Fsp3) is 0.800. The second kappa shape index (κ2) is 4.42. The Morgan fingerprint density at radius 1 is 1.19 bits per heavy atom. The van der Waals surface area contributed by atoms with Crippen molar-refractivity contribution in [3.05, 3.63) is 12.2 Å². The van der Waals surface area contributed by atoms with Gasteiger partial charge < -0.3 is 19.3 Å². The van der Waals surface area contributed by atoms with Gasteiger partial charge in [0.1, 0.15) is 11.5 Å². The van der Waals surface area contributed by atoms with E-state index < -0.39 is 28.8 Å². The minimum absolute atomic E-state index is 0.0385. The molecule has 0 radical (unpaired) electrons. The monoisotopic (exact) mass is 360 g/mol. The first-order chi connectivity index (χ1) is 12.3. The average molecular weight is 360 g/mol. The molecule has 3 heterocycles. The maximum absolute atomic E-state index is 13.2. The highest BCUT2D eigenvalue weighted by Gasteiger charge is 2.80. The number of ketones is 1. The number of hydrogen-bond acceptors (Lipinski definition) is 6. The molecule has 0 aromatic carbocycles. The lowest BCUT2D eigenvalue weighted by atomic mass is 9.44. The third-order valence-electron chi connectivity index (χ3n) is 8.65. The van der Waals surface area contributed by atoms with E-state index in [0.29, 0.717) is 31.6 Å². The summed E-state index contributed by atoms with van der Waals surface area (Å²) < 4.78 is 18.0. The molecule has 0 aromatic heterocycles. The van der Waals surface area contributed by atoms with Crippen molar-refractivity contribution in [1.82, 2.24) is 0 Å². The van der Waals surface area contributed by atoms with Crippen molar-refractivity contribution in [2.45, 2.75) is 51.1 Å². The Hall–Kier alpha value is -1.24. The molecule has 140 valence electrons. The molecule has 3 saturated carbocycles. The molecule has 6 rings (SSSR count). The van der Waals surface area contributed by atoms with Crippen LogP contribution in [0.15, 0.2) is 12.2 Å². The molecule has 0 amide bonds. The zero-order valence-electron chi connectivity index (χ0n) is 14.9. The third-order valence-corrected chi connectivity index (χ3v) is 8.65. The van der Waals surface area contributed by atoms with Crippen molar-refractivity contribution in [3.8, 4) is 0 Å². The van der Waals surface area contributed by atoms with E-state index in [1.54, 1.807) is 0 Å². The SMILES string of the molecule is C=C1C(=O)[C@]23CC1CC(O)[C@H]2[C@]12CO[C@@H]4OC[C@](C)(CCC1OC3=O)C42. The Kier molecular flexibility index (Phi) is 2.68. The van der Waals surface area contributed by atoms with Gasteiger partial charge in [-0.05, 0) is 42.6 Å². The van der Waals surface area contributed by atoms with Gasteiger partial charge in [-0.25, -0.2) is 0 Å². The van der Waals surface area contributed by atoms with Gasteiger partial charge in [0.2, 0.25) is 0 Å². The van der Waals surface area contributed by atoms with E-state index in [2.05, 4.69) is 13.5 Å². The summed E-state index contributed by atoms with van der Waals surface area (Å²) >= 11 is 0. The Morgan fingerprint density at radius 2 is 1.96 bits per heavy atom. The molecule has 6 fully saturated rings. The highest BCUT2D eigenvalue weighted by Crippen LogP contribution is 2.72. The van der Waals surface area contributed by atoms with Crippen molar-refractivity contribution in [1.29, 1.82) is 0 Å². The minimum atomic E-state index is -1.28. The van der Waals surface area contributed by atoms with Crippen LogP contribution in [0.4, 0.5) is 0 Å². The molecule has 6 nitrogen and oxygen atoms in total. The number of carbonyl (C=O) groups is 2. The van der Waals surface area contributed by atoms with Crippen LogP contribution in [0.3, 0.4) is 0 Å². The summed E-state index contributed by atoms with van der Waals surface area (Å²) in [5.41, 5.74) is -1.42. The number of esters is 1. The van der Waals surface area contributed by atoms with Gasteiger partial charge in [-0.15, -0.1) is 0 Å². The molecule has 1 N–H and O–H groups in total. The summed E-state index contributed by atoms with van der Waals surface area (Å²) in [6.07, 6.45) is 1.18. The first-order valence-electron chi connectivity index (χ1n) is 9.70. The van der Waals surface area contributed by atoms with Gasteiger partial charge >= 0.3 is 5.97 Å². The van der Waals surface area contributed by atoms with Crippen molar-refractivity contribution >= 4 is 11.8 Å².